The second-order valence-electron chi connectivity index (χ2n) is 9.48. The van der Waals surface area contributed by atoms with Crippen molar-refractivity contribution in [2.24, 2.45) is 5.92 Å². The molecule has 2 atom stereocenters. The fourth-order valence-electron chi connectivity index (χ4n) is 5.21. The minimum absolute atomic E-state index is 0.0800. The SMILES string of the molecule is CC1(C)CCc2cc(CC(=O)N3CC4CC(C3)c3cccc(=O)n3C4)ccc2O1. The molecule has 0 spiro atoms. The summed E-state index contributed by atoms with van der Waals surface area (Å²) in [6.45, 7) is 6.42. The van der Waals surface area contributed by atoms with Gasteiger partial charge in [-0.05, 0) is 62.3 Å². The van der Waals surface area contributed by atoms with Crippen molar-refractivity contribution in [3.63, 3.8) is 0 Å². The molecular formula is C24H28N2O3. The van der Waals surface area contributed by atoms with Crippen molar-refractivity contribution < 1.29 is 9.53 Å². The maximum atomic E-state index is 13.1. The van der Waals surface area contributed by atoms with E-state index in [1.807, 2.05) is 33.7 Å². The van der Waals surface area contributed by atoms with Crippen LogP contribution >= 0.6 is 0 Å². The zero-order valence-corrected chi connectivity index (χ0v) is 17.2. The van der Waals surface area contributed by atoms with Gasteiger partial charge in [0.15, 0.2) is 0 Å². The topological polar surface area (TPSA) is 51.5 Å². The van der Waals surface area contributed by atoms with Gasteiger partial charge < -0.3 is 14.2 Å². The second-order valence-corrected chi connectivity index (χ2v) is 9.48. The molecule has 2 aromatic rings. The normalized spacial score (nSPS) is 24.3. The molecule has 1 aromatic heterocycles. The van der Waals surface area contributed by atoms with Crippen molar-refractivity contribution in [1.29, 1.82) is 0 Å². The number of ether oxygens (including phenoxy) is 1. The number of aryl methyl sites for hydroxylation is 1. The Morgan fingerprint density at radius 1 is 1.17 bits per heavy atom. The molecule has 3 aliphatic heterocycles. The van der Waals surface area contributed by atoms with Gasteiger partial charge in [-0.25, -0.2) is 0 Å². The number of likely N-dealkylation sites (tertiary alicyclic amines) is 1. The highest BCUT2D eigenvalue weighted by Crippen LogP contribution is 2.36. The van der Waals surface area contributed by atoms with Crippen LogP contribution in [0.2, 0.25) is 0 Å². The Balaban J connectivity index is 1.31. The number of nitrogens with zero attached hydrogens (tertiary/aromatic N) is 2. The van der Waals surface area contributed by atoms with E-state index in [9.17, 15) is 9.59 Å². The predicted molar refractivity (Wildman–Crippen MR) is 111 cm³/mol. The quantitative estimate of drug-likeness (QED) is 0.789. The molecular weight excluding hydrogens is 364 g/mol. The van der Waals surface area contributed by atoms with E-state index < -0.39 is 0 Å². The summed E-state index contributed by atoms with van der Waals surface area (Å²) < 4.78 is 7.97. The summed E-state index contributed by atoms with van der Waals surface area (Å²) in [4.78, 5) is 27.3. The molecule has 29 heavy (non-hydrogen) atoms. The Morgan fingerprint density at radius 3 is 2.90 bits per heavy atom. The Kier molecular flexibility index (Phi) is 4.30. The molecule has 0 saturated carbocycles. The monoisotopic (exact) mass is 392 g/mol. The van der Waals surface area contributed by atoms with E-state index in [4.69, 9.17) is 4.74 Å². The molecule has 0 aliphatic carbocycles. The zero-order chi connectivity index (χ0) is 20.2. The first-order chi connectivity index (χ1) is 13.9. The van der Waals surface area contributed by atoms with Crippen molar-refractivity contribution in [3.05, 3.63) is 63.6 Å². The maximum Gasteiger partial charge on any atom is 0.250 e. The highest BCUT2D eigenvalue weighted by molar-refractivity contribution is 5.79. The van der Waals surface area contributed by atoms with E-state index in [1.165, 1.54) is 5.56 Å². The number of hydrogen-bond acceptors (Lipinski definition) is 3. The van der Waals surface area contributed by atoms with Crippen LogP contribution in [0.25, 0.3) is 0 Å². The van der Waals surface area contributed by atoms with Gasteiger partial charge in [-0.3, -0.25) is 9.59 Å². The number of amides is 1. The average Bonchev–Trinajstić information content (AvgIpc) is 2.68. The highest BCUT2D eigenvalue weighted by atomic mass is 16.5. The summed E-state index contributed by atoms with van der Waals surface area (Å²) in [7, 11) is 0. The summed E-state index contributed by atoms with van der Waals surface area (Å²) >= 11 is 0. The number of piperidine rings is 1. The predicted octanol–water partition coefficient (Wildman–Crippen LogP) is 3.14. The number of fused-ring (bicyclic) bond motifs is 5. The highest BCUT2D eigenvalue weighted by Gasteiger charge is 2.36. The molecule has 5 nitrogen and oxygen atoms in total. The number of pyridine rings is 1. The molecule has 1 aromatic carbocycles. The Labute approximate surface area is 171 Å². The molecule has 5 heteroatoms. The lowest BCUT2D eigenvalue weighted by molar-refractivity contribution is -0.133. The molecule has 0 N–H and O–H groups in total. The molecule has 152 valence electrons. The zero-order valence-electron chi connectivity index (χ0n) is 17.2. The summed E-state index contributed by atoms with van der Waals surface area (Å²) in [5.41, 5.74) is 3.31. The van der Waals surface area contributed by atoms with Crippen LogP contribution in [0.3, 0.4) is 0 Å². The summed E-state index contributed by atoms with van der Waals surface area (Å²) in [5, 5.41) is 0. The van der Waals surface area contributed by atoms with Crippen LogP contribution in [0.4, 0.5) is 0 Å². The molecule has 1 amide bonds. The third-order valence-corrected chi connectivity index (χ3v) is 6.70. The molecule has 3 aliphatic rings. The minimum Gasteiger partial charge on any atom is -0.488 e. The van der Waals surface area contributed by atoms with Gasteiger partial charge >= 0.3 is 0 Å². The minimum atomic E-state index is -0.117. The van der Waals surface area contributed by atoms with Crippen LogP contribution in [0.15, 0.2) is 41.2 Å². The molecule has 2 bridgehead atoms. The Morgan fingerprint density at radius 2 is 2.03 bits per heavy atom. The molecule has 2 unspecified atom stereocenters. The lowest BCUT2D eigenvalue weighted by atomic mass is 9.83. The Hall–Kier alpha value is -2.56. The van der Waals surface area contributed by atoms with Crippen LogP contribution < -0.4 is 10.3 Å². The first-order valence-corrected chi connectivity index (χ1v) is 10.7. The average molecular weight is 392 g/mol. The van der Waals surface area contributed by atoms with E-state index >= 15 is 0 Å². The first-order valence-electron chi connectivity index (χ1n) is 10.7. The molecule has 4 heterocycles. The van der Waals surface area contributed by atoms with Gasteiger partial charge in [-0.1, -0.05) is 18.2 Å². The maximum absolute atomic E-state index is 13.1. The largest absolute Gasteiger partial charge is 0.488 e. The van der Waals surface area contributed by atoms with E-state index in [0.717, 1.165) is 49.4 Å². The van der Waals surface area contributed by atoms with Crippen LogP contribution in [-0.4, -0.2) is 34.1 Å². The molecule has 0 radical (unpaired) electrons. The van der Waals surface area contributed by atoms with Crippen molar-refractivity contribution >= 4 is 5.91 Å². The van der Waals surface area contributed by atoms with Gasteiger partial charge in [0.2, 0.25) is 5.91 Å². The van der Waals surface area contributed by atoms with Gasteiger partial charge in [0, 0.05) is 37.3 Å². The first kappa shape index (κ1) is 18.5. The van der Waals surface area contributed by atoms with Crippen molar-refractivity contribution in [2.75, 3.05) is 13.1 Å². The Bertz CT molecular complexity index is 1020. The summed E-state index contributed by atoms with van der Waals surface area (Å²) in [6, 6.07) is 11.7. The fraction of sp³-hybridized carbons (Fsp3) is 0.500. The van der Waals surface area contributed by atoms with E-state index in [-0.39, 0.29) is 23.0 Å². The van der Waals surface area contributed by atoms with E-state index in [1.54, 1.807) is 6.07 Å². The lowest BCUT2D eigenvalue weighted by Crippen LogP contribution is -2.49. The second kappa shape index (κ2) is 6.75. The number of carbonyl (C=O) groups is 1. The van der Waals surface area contributed by atoms with Crippen LogP contribution in [-0.2, 0) is 24.2 Å². The number of aromatic nitrogens is 1. The number of benzene rings is 1. The van der Waals surface area contributed by atoms with Gasteiger partial charge in [-0.2, -0.15) is 0 Å². The molecule has 1 saturated heterocycles. The van der Waals surface area contributed by atoms with Crippen LogP contribution in [0, 0.1) is 5.92 Å². The van der Waals surface area contributed by atoms with Crippen molar-refractivity contribution in [3.8, 4) is 5.75 Å². The van der Waals surface area contributed by atoms with Gasteiger partial charge in [0.1, 0.15) is 11.4 Å². The number of rotatable bonds is 2. The third-order valence-electron chi connectivity index (χ3n) is 6.70. The fourth-order valence-corrected chi connectivity index (χ4v) is 5.21. The van der Waals surface area contributed by atoms with E-state index in [2.05, 4.69) is 19.9 Å². The van der Waals surface area contributed by atoms with E-state index in [0.29, 0.717) is 18.9 Å². The van der Waals surface area contributed by atoms with Crippen LogP contribution in [0.5, 0.6) is 5.75 Å². The summed E-state index contributed by atoms with van der Waals surface area (Å²) in [6.07, 6.45) is 3.48. The smallest absolute Gasteiger partial charge is 0.250 e. The molecule has 1 fully saturated rings. The van der Waals surface area contributed by atoms with Gasteiger partial charge in [-0.15, -0.1) is 0 Å². The van der Waals surface area contributed by atoms with Crippen LogP contribution in [0.1, 0.15) is 49.4 Å². The van der Waals surface area contributed by atoms with Crippen molar-refractivity contribution in [2.45, 2.75) is 57.6 Å². The lowest BCUT2D eigenvalue weighted by Gasteiger charge is -2.42. The summed E-state index contributed by atoms with van der Waals surface area (Å²) in [5.74, 6) is 1.76. The standard InChI is InChI=1S/C24H28N2O3/c1-24(2)9-8-18-10-16(6-7-21(18)29-24)12-23(28)25-13-17-11-19(15-25)20-4-3-5-22(27)26(20)14-17/h3-7,10,17,19H,8-9,11-15H2,1-2H3. The van der Waals surface area contributed by atoms with Gasteiger partial charge in [0.25, 0.3) is 5.56 Å². The van der Waals surface area contributed by atoms with Crippen molar-refractivity contribution in [1.82, 2.24) is 9.47 Å². The molecule has 5 rings (SSSR count). The number of carbonyl (C=O) groups excluding carboxylic acids is 1. The number of hydrogen-bond donors (Lipinski definition) is 0. The van der Waals surface area contributed by atoms with Gasteiger partial charge in [0.05, 0.1) is 6.42 Å². The third kappa shape index (κ3) is 3.47.